The summed E-state index contributed by atoms with van der Waals surface area (Å²) in [6, 6.07) is 16.9. The third-order valence-corrected chi connectivity index (χ3v) is 4.18. The highest BCUT2D eigenvalue weighted by Gasteiger charge is 2.19. The van der Waals surface area contributed by atoms with Crippen LogP contribution in [0, 0.1) is 0 Å². The fraction of sp³-hybridized carbons (Fsp3) is 0.200. The summed E-state index contributed by atoms with van der Waals surface area (Å²) < 4.78 is 7.55. The van der Waals surface area contributed by atoms with Gasteiger partial charge in [-0.3, -0.25) is 0 Å². The molecule has 1 aliphatic heterocycles. The highest BCUT2D eigenvalue weighted by Crippen LogP contribution is 2.36. The van der Waals surface area contributed by atoms with Gasteiger partial charge in [0.2, 0.25) is 0 Å². The van der Waals surface area contributed by atoms with Crippen LogP contribution in [0.1, 0.15) is 11.1 Å². The van der Waals surface area contributed by atoms with Gasteiger partial charge >= 0.3 is 0 Å². The van der Waals surface area contributed by atoms with Crippen LogP contribution in [0.15, 0.2) is 53.4 Å². The summed E-state index contributed by atoms with van der Waals surface area (Å²) in [6.45, 7) is 1.98. The van der Waals surface area contributed by atoms with Crippen LogP contribution >= 0.6 is 11.9 Å². The summed E-state index contributed by atoms with van der Waals surface area (Å²) in [4.78, 5) is 1.38. The van der Waals surface area contributed by atoms with Gasteiger partial charge in [-0.1, -0.05) is 30.3 Å². The molecule has 0 aromatic heterocycles. The molecule has 92 valence electrons. The van der Waals surface area contributed by atoms with E-state index in [1.54, 1.807) is 7.11 Å². The number of ether oxygens (including phenoxy) is 1. The molecule has 3 heteroatoms. The normalized spacial score (nSPS) is 14.5. The van der Waals surface area contributed by atoms with Crippen molar-refractivity contribution in [2.45, 2.75) is 18.0 Å². The quantitative estimate of drug-likeness (QED) is 0.778. The molecule has 0 amide bonds. The van der Waals surface area contributed by atoms with E-state index in [4.69, 9.17) is 4.74 Å². The Morgan fingerprint density at radius 2 is 1.89 bits per heavy atom. The summed E-state index contributed by atoms with van der Waals surface area (Å²) in [6.07, 6.45) is 0. The maximum atomic E-state index is 5.17. The third-order valence-electron chi connectivity index (χ3n) is 3.06. The van der Waals surface area contributed by atoms with Crippen molar-refractivity contribution in [3.8, 4) is 5.75 Å². The first-order valence-electron chi connectivity index (χ1n) is 5.99. The van der Waals surface area contributed by atoms with Gasteiger partial charge in [-0.25, -0.2) is 4.31 Å². The molecule has 1 aliphatic rings. The van der Waals surface area contributed by atoms with Gasteiger partial charge in [-0.05, 0) is 41.3 Å². The van der Waals surface area contributed by atoms with Crippen molar-refractivity contribution in [1.82, 2.24) is 4.31 Å². The molecule has 0 fully saturated rings. The molecule has 2 aromatic carbocycles. The number of hydrogen-bond acceptors (Lipinski definition) is 3. The van der Waals surface area contributed by atoms with Gasteiger partial charge in [0.15, 0.2) is 0 Å². The topological polar surface area (TPSA) is 12.5 Å². The molecule has 18 heavy (non-hydrogen) atoms. The average Bonchev–Trinajstić information content (AvgIpc) is 2.82. The summed E-state index contributed by atoms with van der Waals surface area (Å²) in [5, 5.41) is 0. The maximum Gasteiger partial charge on any atom is 0.118 e. The molecule has 0 saturated heterocycles. The molecular formula is C15H15NOS. The third kappa shape index (κ3) is 2.37. The number of fused-ring (bicyclic) bond motifs is 1. The van der Waals surface area contributed by atoms with Crippen LogP contribution in [-0.2, 0) is 13.1 Å². The Morgan fingerprint density at radius 3 is 2.61 bits per heavy atom. The van der Waals surface area contributed by atoms with Crippen molar-refractivity contribution in [3.05, 3.63) is 59.7 Å². The van der Waals surface area contributed by atoms with E-state index in [2.05, 4.69) is 40.7 Å². The van der Waals surface area contributed by atoms with Crippen molar-refractivity contribution in [2.75, 3.05) is 7.11 Å². The molecule has 2 aromatic rings. The number of benzene rings is 2. The van der Waals surface area contributed by atoms with Crippen molar-refractivity contribution in [3.63, 3.8) is 0 Å². The van der Waals surface area contributed by atoms with Crippen molar-refractivity contribution < 1.29 is 4.74 Å². The Hall–Kier alpha value is -1.45. The van der Waals surface area contributed by atoms with Crippen LogP contribution in [0.4, 0.5) is 0 Å². The van der Waals surface area contributed by atoms with Crippen LogP contribution in [-0.4, -0.2) is 11.4 Å². The Labute approximate surface area is 112 Å². The summed E-state index contributed by atoms with van der Waals surface area (Å²) in [7, 11) is 1.70. The van der Waals surface area contributed by atoms with E-state index in [1.165, 1.54) is 16.0 Å². The standard InChI is InChI=1S/C15H15NOS/c1-17-14-8-6-12(7-9-14)10-16-11-13-4-2-3-5-15(13)18-16/h2-9H,10-11H2,1H3. The molecule has 0 spiro atoms. The summed E-state index contributed by atoms with van der Waals surface area (Å²) in [5.74, 6) is 0.913. The number of methoxy groups -OCH3 is 1. The van der Waals surface area contributed by atoms with Gasteiger partial charge in [0, 0.05) is 18.0 Å². The van der Waals surface area contributed by atoms with Gasteiger partial charge in [0.1, 0.15) is 5.75 Å². The number of nitrogens with zero attached hydrogens (tertiary/aromatic N) is 1. The first-order valence-corrected chi connectivity index (χ1v) is 6.76. The van der Waals surface area contributed by atoms with Gasteiger partial charge in [-0.15, -0.1) is 0 Å². The molecule has 0 radical (unpaired) electrons. The van der Waals surface area contributed by atoms with Crippen molar-refractivity contribution in [1.29, 1.82) is 0 Å². The lowest BCUT2D eigenvalue weighted by atomic mass is 10.2. The SMILES string of the molecule is COc1ccc(CN2Cc3ccccc3S2)cc1. The predicted molar refractivity (Wildman–Crippen MR) is 74.5 cm³/mol. The van der Waals surface area contributed by atoms with Crippen LogP contribution < -0.4 is 4.74 Å². The van der Waals surface area contributed by atoms with Crippen molar-refractivity contribution in [2.24, 2.45) is 0 Å². The van der Waals surface area contributed by atoms with E-state index >= 15 is 0 Å². The van der Waals surface area contributed by atoms with Crippen LogP contribution in [0.25, 0.3) is 0 Å². The first-order chi connectivity index (χ1) is 8.85. The molecule has 0 saturated carbocycles. The lowest BCUT2D eigenvalue weighted by molar-refractivity contribution is 0.414. The molecular weight excluding hydrogens is 242 g/mol. The minimum absolute atomic E-state index is 0.913. The maximum absolute atomic E-state index is 5.17. The number of rotatable bonds is 3. The molecule has 0 aliphatic carbocycles. The molecule has 3 rings (SSSR count). The Morgan fingerprint density at radius 1 is 1.11 bits per heavy atom. The average molecular weight is 257 g/mol. The van der Waals surface area contributed by atoms with E-state index in [1.807, 2.05) is 24.1 Å². The van der Waals surface area contributed by atoms with Crippen LogP contribution in [0.3, 0.4) is 0 Å². The molecule has 0 bridgehead atoms. The molecule has 0 atom stereocenters. The van der Waals surface area contributed by atoms with E-state index in [-0.39, 0.29) is 0 Å². The Balaban J connectivity index is 1.68. The Bertz CT molecular complexity index is 513. The monoisotopic (exact) mass is 257 g/mol. The second-order valence-corrected chi connectivity index (χ2v) is 5.48. The van der Waals surface area contributed by atoms with Gasteiger partial charge in [0.05, 0.1) is 7.11 Å². The summed E-state index contributed by atoms with van der Waals surface area (Å²) >= 11 is 1.84. The Kier molecular flexibility index (Phi) is 3.26. The minimum Gasteiger partial charge on any atom is -0.497 e. The van der Waals surface area contributed by atoms with E-state index in [9.17, 15) is 0 Å². The van der Waals surface area contributed by atoms with Gasteiger partial charge < -0.3 is 4.74 Å². The molecule has 0 N–H and O–H groups in total. The first kappa shape index (κ1) is 11.6. The van der Waals surface area contributed by atoms with Gasteiger partial charge in [0.25, 0.3) is 0 Å². The van der Waals surface area contributed by atoms with Crippen LogP contribution in [0.5, 0.6) is 5.75 Å². The molecule has 2 nitrogen and oxygen atoms in total. The predicted octanol–water partition coefficient (Wildman–Crippen LogP) is 3.72. The smallest absolute Gasteiger partial charge is 0.118 e. The summed E-state index contributed by atoms with van der Waals surface area (Å²) in [5.41, 5.74) is 2.74. The van der Waals surface area contributed by atoms with E-state index < -0.39 is 0 Å². The largest absolute Gasteiger partial charge is 0.497 e. The fourth-order valence-electron chi connectivity index (χ4n) is 2.11. The number of hydrogen-bond donors (Lipinski definition) is 0. The van der Waals surface area contributed by atoms with Crippen LogP contribution in [0.2, 0.25) is 0 Å². The van der Waals surface area contributed by atoms with E-state index in [0.29, 0.717) is 0 Å². The zero-order valence-corrected chi connectivity index (χ0v) is 11.1. The lowest BCUT2D eigenvalue weighted by Crippen LogP contribution is -2.09. The zero-order valence-electron chi connectivity index (χ0n) is 10.3. The minimum atomic E-state index is 0.913. The highest BCUT2D eigenvalue weighted by atomic mass is 32.2. The fourth-order valence-corrected chi connectivity index (χ4v) is 3.19. The van der Waals surface area contributed by atoms with Crippen molar-refractivity contribution >= 4 is 11.9 Å². The second kappa shape index (κ2) is 5.04. The zero-order chi connectivity index (χ0) is 12.4. The van der Waals surface area contributed by atoms with Gasteiger partial charge in [-0.2, -0.15) is 0 Å². The second-order valence-electron chi connectivity index (χ2n) is 4.35. The molecule has 1 heterocycles. The lowest BCUT2D eigenvalue weighted by Gasteiger charge is -2.13. The van der Waals surface area contributed by atoms with E-state index in [0.717, 1.165) is 18.8 Å². The highest BCUT2D eigenvalue weighted by molar-refractivity contribution is 7.97. The molecule has 0 unspecified atom stereocenters.